The third kappa shape index (κ3) is 2.98. The number of hydrogen-bond donors (Lipinski definition) is 0. The second-order valence-electron chi connectivity index (χ2n) is 11.4. The third-order valence-corrected chi connectivity index (χ3v) is 12.1. The van der Waals surface area contributed by atoms with Gasteiger partial charge in [-0.2, -0.15) is 0 Å². The summed E-state index contributed by atoms with van der Waals surface area (Å²) in [6.07, 6.45) is 0. The summed E-state index contributed by atoms with van der Waals surface area (Å²) in [5.74, 6) is 0.706. The van der Waals surface area contributed by atoms with Gasteiger partial charge in [-0.05, 0) is 35.0 Å². The molecule has 4 heterocycles. The largest absolute Gasteiger partial charge is 0.455 e. The average molecular weight is 544 g/mol. The van der Waals surface area contributed by atoms with Gasteiger partial charge in [0.15, 0.2) is 0 Å². The van der Waals surface area contributed by atoms with E-state index in [2.05, 4.69) is 121 Å². The first kappa shape index (κ1) is 22.8. The predicted molar refractivity (Wildman–Crippen MR) is 171 cm³/mol. The topological polar surface area (TPSA) is 43.9 Å². The number of benzene rings is 5. The molecule has 0 saturated carbocycles. The Bertz CT molecular complexity index is 2350. The molecule has 9 rings (SSSR count). The van der Waals surface area contributed by atoms with Crippen molar-refractivity contribution < 1.29 is 4.42 Å². The molecule has 0 atom stereocenters. The van der Waals surface area contributed by atoms with Crippen molar-refractivity contribution in [2.45, 2.75) is 13.1 Å². The monoisotopic (exact) mass is 543 g/mol. The molecule has 1 aliphatic heterocycles. The number of rotatable bonds is 2. The number of para-hydroxylation sites is 2. The summed E-state index contributed by atoms with van der Waals surface area (Å²) in [5, 5.41) is 7.10. The van der Waals surface area contributed by atoms with Crippen LogP contribution in [0.2, 0.25) is 13.1 Å². The minimum atomic E-state index is -2.07. The molecule has 0 amide bonds. The van der Waals surface area contributed by atoms with Crippen molar-refractivity contribution in [3.8, 4) is 28.3 Å². The summed E-state index contributed by atoms with van der Waals surface area (Å²) in [5.41, 5.74) is 8.49. The van der Waals surface area contributed by atoms with Gasteiger partial charge in [-0.15, -0.1) is 0 Å². The van der Waals surface area contributed by atoms with Gasteiger partial charge < -0.3 is 4.42 Å². The molecule has 4 nitrogen and oxygen atoms in total. The van der Waals surface area contributed by atoms with E-state index in [4.69, 9.17) is 14.4 Å². The maximum atomic E-state index is 6.52. The molecular weight excluding hydrogens is 519 g/mol. The van der Waals surface area contributed by atoms with E-state index in [1.807, 2.05) is 12.1 Å². The Morgan fingerprint density at radius 1 is 0.634 bits per heavy atom. The molecule has 0 saturated heterocycles. The van der Waals surface area contributed by atoms with E-state index < -0.39 is 8.07 Å². The Kier molecular flexibility index (Phi) is 4.46. The molecule has 0 fully saturated rings. The van der Waals surface area contributed by atoms with Crippen LogP contribution in [0.15, 0.2) is 120 Å². The fraction of sp³-hybridized carbons (Fsp3) is 0.0556. The quantitative estimate of drug-likeness (QED) is 0.208. The highest BCUT2D eigenvalue weighted by Crippen LogP contribution is 2.41. The third-order valence-electron chi connectivity index (χ3n) is 8.79. The summed E-state index contributed by atoms with van der Waals surface area (Å²) in [6.45, 7) is 4.82. The van der Waals surface area contributed by atoms with E-state index in [0.717, 1.165) is 55.0 Å². The normalized spacial score (nSPS) is 13.8. The minimum Gasteiger partial charge on any atom is -0.455 e. The standard InChI is InChI=1S/C36H25N3OSi/c1-41(2)30-19-11-8-16-26(30)32-33(22-12-4-3-5-13-22)37-36(38-35(32)41)39-27-17-9-6-15-25(27)31-28(39)21-20-24-23-14-7-10-18-29(23)40-34(24)31/h3-21H,1-2H3. The Morgan fingerprint density at radius 3 is 2.24 bits per heavy atom. The molecule has 0 N–H and O–H groups in total. The zero-order chi connectivity index (χ0) is 27.3. The van der Waals surface area contributed by atoms with Gasteiger partial charge >= 0.3 is 0 Å². The molecular formula is C36H25N3OSi. The maximum absolute atomic E-state index is 6.52. The maximum Gasteiger partial charge on any atom is 0.235 e. The van der Waals surface area contributed by atoms with E-state index in [1.54, 1.807) is 0 Å². The van der Waals surface area contributed by atoms with Crippen molar-refractivity contribution in [2.75, 3.05) is 0 Å². The molecule has 0 radical (unpaired) electrons. The van der Waals surface area contributed by atoms with Crippen LogP contribution in [-0.4, -0.2) is 22.6 Å². The van der Waals surface area contributed by atoms with Crippen LogP contribution < -0.4 is 10.5 Å². The molecule has 5 heteroatoms. The molecule has 0 bridgehead atoms. The van der Waals surface area contributed by atoms with Gasteiger partial charge in [0.2, 0.25) is 5.95 Å². The first-order chi connectivity index (χ1) is 20.1. The van der Waals surface area contributed by atoms with Crippen LogP contribution in [0, 0.1) is 0 Å². The van der Waals surface area contributed by atoms with Crippen LogP contribution in [0.5, 0.6) is 0 Å². The Hall–Kier alpha value is -5.00. The summed E-state index contributed by atoms with van der Waals surface area (Å²) in [6, 6.07) is 40.6. The van der Waals surface area contributed by atoms with Gasteiger partial charge in [0.05, 0.1) is 22.1 Å². The first-order valence-electron chi connectivity index (χ1n) is 14.0. The fourth-order valence-corrected chi connectivity index (χ4v) is 9.79. The van der Waals surface area contributed by atoms with Crippen molar-refractivity contribution in [3.05, 3.63) is 115 Å². The predicted octanol–water partition coefficient (Wildman–Crippen LogP) is 7.94. The fourth-order valence-electron chi connectivity index (χ4n) is 6.89. The summed E-state index contributed by atoms with van der Waals surface area (Å²) in [7, 11) is -2.07. The van der Waals surface area contributed by atoms with Crippen molar-refractivity contribution in [2.24, 2.45) is 0 Å². The molecule has 41 heavy (non-hydrogen) atoms. The van der Waals surface area contributed by atoms with Crippen LogP contribution in [0.25, 0.3) is 72.1 Å². The minimum absolute atomic E-state index is 0.706. The Balaban J connectivity index is 1.43. The van der Waals surface area contributed by atoms with Crippen LogP contribution in [0.4, 0.5) is 0 Å². The number of nitrogens with zero attached hydrogens (tertiary/aromatic N) is 3. The summed E-state index contributed by atoms with van der Waals surface area (Å²) < 4.78 is 8.75. The number of furan rings is 1. The van der Waals surface area contributed by atoms with Gasteiger partial charge in [-0.1, -0.05) is 104 Å². The van der Waals surface area contributed by atoms with Crippen molar-refractivity contribution in [1.82, 2.24) is 14.5 Å². The van der Waals surface area contributed by atoms with E-state index in [0.29, 0.717) is 5.95 Å². The van der Waals surface area contributed by atoms with E-state index in [9.17, 15) is 0 Å². The van der Waals surface area contributed by atoms with Gasteiger partial charge in [-0.3, -0.25) is 4.57 Å². The molecule has 0 unspecified atom stereocenters. The molecule has 194 valence electrons. The zero-order valence-corrected chi connectivity index (χ0v) is 23.7. The lowest BCUT2D eigenvalue weighted by molar-refractivity contribution is 0.673. The second kappa shape index (κ2) is 8.02. The Labute approximate surface area is 237 Å². The van der Waals surface area contributed by atoms with Gasteiger partial charge in [-0.25, -0.2) is 9.97 Å². The van der Waals surface area contributed by atoms with E-state index in [1.165, 1.54) is 21.6 Å². The average Bonchev–Trinajstić information content (AvgIpc) is 3.63. The number of fused-ring (bicyclic) bond motifs is 10. The van der Waals surface area contributed by atoms with E-state index >= 15 is 0 Å². The molecule has 8 aromatic rings. The van der Waals surface area contributed by atoms with Gasteiger partial charge in [0, 0.05) is 32.6 Å². The molecule has 0 spiro atoms. The van der Waals surface area contributed by atoms with Crippen molar-refractivity contribution in [3.63, 3.8) is 0 Å². The SMILES string of the molecule is C[Si]1(C)c2ccccc2-c2c(-c3ccccc3)nc(-n3c4ccccc4c4c5oc6ccccc6c5ccc43)nc21. The molecule has 5 aromatic carbocycles. The molecule has 1 aliphatic rings. The van der Waals surface area contributed by atoms with Crippen LogP contribution >= 0.6 is 0 Å². The molecule has 3 aromatic heterocycles. The van der Waals surface area contributed by atoms with Crippen LogP contribution in [0.1, 0.15) is 0 Å². The van der Waals surface area contributed by atoms with Crippen molar-refractivity contribution in [1.29, 1.82) is 0 Å². The van der Waals surface area contributed by atoms with Crippen LogP contribution in [-0.2, 0) is 0 Å². The number of hydrogen-bond acceptors (Lipinski definition) is 3. The number of aromatic nitrogens is 3. The highest BCUT2D eigenvalue weighted by Gasteiger charge is 2.41. The highest BCUT2D eigenvalue weighted by atomic mass is 28.3. The molecule has 0 aliphatic carbocycles. The zero-order valence-electron chi connectivity index (χ0n) is 22.7. The smallest absolute Gasteiger partial charge is 0.235 e. The summed E-state index contributed by atoms with van der Waals surface area (Å²) >= 11 is 0. The lowest BCUT2D eigenvalue weighted by Crippen LogP contribution is -2.51. The lowest BCUT2D eigenvalue weighted by Gasteiger charge is -2.19. The second-order valence-corrected chi connectivity index (χ2v) is 15.7. The van der Waals surface area contributed by atoms with Gasteiger partial charge in [0.25, 0.3) is 0 Å². The van der Waals surface area contributed by atoms with E-state index in [-0.39, 0.29) is 0 Å². The van der Waals surface area contributed by atoms with Crippen LogP contribution in [0.3, 0.4) is 0 Å². The van der Waals surface area contributed by atoms with Gasteiger partial charge in [0.1, 0.15) is 19.2 Å². The summed E-state index contributed by atoms with van der Waals surface area (Å²) in [4.78, 5) is 10.8. The Morgan fingerprint density at radius 2 is 1.37 bits per heavy atom. The lowest BCUT2D eigenvalue weighted by atomic mass is 10.0. The first-order valence-corrected chi connectivity index (χ1v) is 17.0. The van der Waals surface area contributed by atoms with Crippen molar-refractivity contribution >= 4 is 62.3 Å². The highest BCUT2D eigenvalue weighted by molar-refractivity contribution is 7.03.